The Morgan fingerprint density at radius 3 is 1.43 bits per heavy atom. The van der Waals surface area contributed by atoms with Crippen LogP contribution in [0.25, 0.3) is 100 Å². The fourth-order valence-corrected chi connectivity index (χ4v) is 8.42. The first-order valence-electron chi connectivity index (χ1n) is 19.4. The number of para-hydroxylation sites is 3. The van der Waals surface area contributed by atoms with Crippen molar-refractivity contribution in [2.75, 3.05) is 0 Å². The summed E-state index contributed by atoms with van der Waals surface area (Å²) >= 11 is 0. The van der Waals surface area contributed by atoms with Gasteiger partial charge in [0.15, 0.2) is 5.82 Å². The summed E-state index contributed by atoms with van der Waals surface area (Å²) in [4.78, 5) is 9.91. The summed E-state index contributed by atoms with van der Waals surface area (Å²) in [5.41, 5.74) is 14.3. The van der Waals surface area contributed by atoms with Crippen molar-refractivity contribution in [3.05, 3.63) is 206 Å². The van der Waals surface area contributed by atoms with Gasteiger partial charge in [0.2, 0.25) is 0 Å². The van der Waals surface area contributed by atoms with E-state index in [1.165, 1.54) is 43.6 Å². The molecule has 0 aliphatic heterocycles. The number of nitrogens with zero attached hydrogens (tertiary/aromatic N) is 5. The van der Waals surface area contributed by atoms with Gasteiger partial charge in [-0.2, -0.15) is 5.26 Å². The molecule has 8 aromatic carbocycles. The van der Waals surface area contributed by atoms with Crippen molar-refractivity contribution < 1.29 is 0 Å². The van der Waals surface area contributed by atoms with Crippen molar-refractivity contribution in [2.45, 2.75) is 0 Å². The van der Waals surface area contributed by atoms with Crippen LogP contribution in [0.15, 0.2) is 200 Å². The maximum Gasteiger partial charge on any atom is 0.160 e. The van der Waals surface area contributed by atoms with E-state index in [0.717, 1.165) is 50.6 Å². The zero-order valence-corrected chi connectivity index (χ0v) is 31.3. The Hall–Kier alpha value is -8.07. The number of hydrogen-bond acceptors (Lipinski definition) is 3. The highest BCUT2D eigenvalue weighted by atomic mass is 15.0. The molecule has 0 amide bonds. The summed E-state index contributed by atoms with van der Waals surface area (Å²) in [6.45, 7) is 0. The Kier molecular flexibility index (Phi) is 7.80. The summed E-state index contributed by atoms with van der Waals surface area (Å²) in [7, 11) is 0. The van der Waals surface area contributed by atoms with E-state index in [0.29, 0.717) is 11.4 Å². The molecule has 0 radical (unpaired) electrons. The first-order valence-corrected chi connectivity index (χ1v) is 19.4. The van der Waals surface area contributed by atoms with E-state index < -0.39 is 0 Å². The molecule has 5 heteroatoms. The van der Waals surface area contributed by atoms with Crippen LogP contribution in [0.2, 0.25) is 0 Å². The zero-order valence-electron chi connectivity index (χ0n) is 31.3. The van der Waals surface area contributed by atoms with Crippen LogP contribution in [0.4, 0.5) is 0 Å². The van der Waals surface area contributed by atoms with Crippen LogP contribution in [0.3, 0.4) is 0 Å². The topological polar surface area (TPSA) is 59.4 Å². The van der Waals surface area contributed by atoms with Gasteiger partial charge in [0.1, 0.15) is 0 Å². The fourth-order valence-electron chi connectivity index (χ4n) is 8.42. The predicted molar refractivity (Wildman–Crippen MR) is 237 cm³/mol. The zero-order chi connectivity index (χ0) is 38.6. The highest BCUT2D eigenvalue weighted by Crippen LogP contribution is 2.37. The molecule has 0 unspecified atom stereocenters. The quantitative estimate of drug-likeness (QED) is 0.171. The number of benzene rings is 8. The van der Waals surface area contributed by atoms with E-state index in [2.05, 4.69) is 167 Å². The molecule has 0 fully saturated rings. The van der Waals surface area contributed by atoms with Gasteiger partial charge in [0, 0.05) is 49.6 Å². The molecule has 0 atom stereocenters. The minimum Gasteiger partial charge on any atom is -0.309 e. The monoisotopic (exact) mass is 739 g/mol. The second-order valence-corrected chi connectivity index (χ2v) is 14.6. The second kappa shape index (κ2) is 13.6. The highest BCUT2D eigenvalue weighted by Gasteiger charge is 2.17. The van der Waals surface area contributed by atoms with E-state index >= 15 is 0 Å². The number of hydrogen-bond donors (Lipinski definition) is 0. The van der Waals surface area contributed by atoms with Crippen LogP contribution in [0, 0.1) is 11.3 Å². The summed E-state index contributed by atoms with van der Waals surface area (Å²) in [5.74, 6) is 0.584. The van der Waals surface area contributed by atoms with E-state index in [4.69, 9.17) is 9.97 Å². The normalized spacial score (nSPS) is 11.4. The Labute approximate surface area is 335 Å². The minimum absolute atomic E-state index is 0.575. The average molecular weight is 740 g/mol. The van der Waals surface area contributed by atoms with Crippen LogP contribution in [-0.2, 0) is 0 Å². The molecule has 270 valence electrons. The van der Waals surface area contributed by atoms with E-state index in [1.807, 2.05) is 42.5 Å². The Balaban J connectivity index is 0.950. The van der Waals surface area contributed by atoms with Crippen LogP contribution in [-0.4, -0.2) is 19.1 Å². The molecule has 0 N–H and O–H groups in total. The van der Waals surface area contributed by atoms with Crippen LogP contribution >= 0.6 is 0 Å². The lowest BCUT2D eigenvalue weighted by atomic mass is 10.0. The molecule has 5 nitrogen and oxygen atoms in total. The first kappa shape index (κ1) is 33.3. The Morgan fingerprint density at radius 1 is 0.345 bits per heavy atom. The third-order valence-electron chi connectivity index (χ3n) is 11.2. The van der Waals surface area contributed by atoms with Gasteiger partial charge in [-0.1, -0.05) is 133 Å². The van der Waals surface area contributed by atoms with Crippen molar-refractivity contribution in [2.24, 2.45) is 0 Å². The molecule has 3 heterocycles. The van der Waals surface area contributed by atoms with Crippen molar-refractivity contribution in [3.8, 4) is 62.5 Å². The largest absolute Gasteiger partial charge is 0.309 e. The summed E-state index contributed by atoms with van der Waals surface area (Å²) < 4.78 is 4.76. The predicted octanol–water partition coefficient (Wildman–Crippen LogP) is 13.2. The smallest absolute Gasteiger partial charge is 0.160 e. The van der Waals surface area contributed by atoms with Gasteiger partial charge < -0.3 is 9.13 Å². The van der Waals surface area contributed by atoms with Crippen LogP contribution in [0.5, 0.6) is 0 Å². The third kappa shape index (κ3) is 5.55. The van der Waals surface area contributed by atoms with Gasteiger partial charge in [-0.05, 0) is 77.9 Å². The number of aromatic nitrogens is 4. The van der Waals surface area contributed by atoms with Crippen molar-refractivity contribution in [1.29, 1.82) is 5.26 Å². The third-order valence-corrected chi connectivity index (χ3v) is 11.2. The lowest BCUT2D eigenvalue weighted by Crippen LogP contribution is -1.96. The molecule has 0 saturated carbocycles. The van der Waals surface area contributed by atoms with E-state index in [1.54, 1.807) is 6.07 Å². The average Bonchev–Trinajstić information content (AvgIpc) is 3.82. The van der Waals surface area contributed by atoms with Gasteiger partial charge in [0.05, 0.1) is 45.1 Å². The standard InChI is InChI=1S/C53H33N5/c54-34-35-11-10-14-40(31-35)53-55-47(38-12-2-1-3-13-38)33-48(56-53)39-23-21-36(22-24-39)37-25-27-41(28-26-37)57-51-20-9-6-17-45(51)46-32-42(29-30-52(46)57)58-49-18-7-4-15-43(49)44-16-5-8-19-50(44)58/h1-33H. The summed E-state index contributed by atoms with van der Waals surface area (Å²) in [6.07, 6.45) is 0. The number of nitriles is 1. The summed E-state index contributed by atoms with van der Waals surface area (Å²) in [5, 5.41) is 14.5. The lowest BCUT2D eigenvalue weighted by molar-refractivity contribution is 1.17. The fraction of sp³-hybridized carbons (Fsp3) is 0. The SMILES string of the molecule is N#Cc1cccc(-c2nc(-c3ccccc3)cc(-c3ccc(-c4ccc(-n5c6ccccc6c6cc(-n7c8ccccc8c8ccccc87)ccc65)cc4)cc3)n2)c1. The van der Waals surface area contributed by atoms with E-state index in [9.17, 15) is 5.26 Å². The van der Waals surface area contributed by atoms with Gasteiger partial charge in [-0.25, -0.2) is 9.97 Å². The molecule has 11 rings (SSSR count). The number of fused-ring (bicyclic) bond motifs is 6. The molecule has 3 aromatic heterocycles. The van der Waals surface area contributed by atoms with Gasteiger partial charge >= 0.3 is 0 Å². The molecule has 0 spiro atoms. The van der Waals surface area contributed by atoms with Crippen molar-refractivity contribution in [3.63, 3.8) is 0 Å². The van der Waals surface area contributed by atoms with E-state index in [-0.39, 0.29) is 0 Å². The molecule has 0 aliphatic carbocycles. The lowest BCUT2D eigenvalue weighted by Gasteiger charge is -2.12. The van der Waals surface area contributed by atoms with Crippen molar-refractivity contribution in [1.82, 2.24) is 19.1 Å². The minimum atomic E-state index is 0.575. The molecular formula is C53H33N5. The van der Waals surface area contributed by atoms with Crippen LogP contribution in [0.1, 0.15) is 5.56 Å². The molecule has 11 aromatic rings. The second-order valence-electron chi connectivity index (χ2n) is 14.6. The Morgan fingerprint density at radius 2 is 0.810 bits per heavy atom. The highest BCUT2D eigenvalue weighted by molar-refractivity contribution is 6.12. The maximum absolute atomic E-state index is 9.54. The Bertz CT molecular complexity index is 3330. The van der Waals surface area contributed by atoms with Gasteiger partial charge in [-0.3, -0.25) is 0 Å². The maximum atomic E-state index is 9.54. The number of rotatable bonds is 6. The van der Waals surface area contributed by atoms with Gasteiger partial charge in [0.25, 0.3) is 0 Å². The molecule has 0 saturated heterocycles. The van der Waals surface area contributed by atoms with Crippen LogP contribution < -0.4 is 0 Å². The summed E-state index contributed by atoms with van der Waals surface area (Å²) in [6, 6.07) is 72.1. The first-order chi connectivity index (χ1) is 28.7. The van der Waals surface area contributed by atoms with Gasteiger partial charge in [-0.15, -0.1) is 0 Å². The molecule has 0 bridgehead atoms. The van der Waals surface area contributed by atoms with Crippen molar-refractivity contribution >= 4 is 43.6 Å². The molecule has 58 heavy (non-hydrogen) atoms. The molecule has 0 aliphatic rings. The molecular weight excluding hydrogens is 707 g/mol.